The van der Waals surface area contributed by atoms with Gasteiger partial charge in [0.15, 0.2) is 0 Å². The van der Waals surface area contributed by atoms with Crippen molar-refractivity contribution in [2.75, 3.05) is 0 Å². The SMILES string of the molecule is CC(C)(Sc1ccncc1C#Cc1cccc(F)c1)C(=O)O. The first-order valence-electron chi connectivity index (χ1n) is 6.52. The molecule has 0 atom stereocenters. The molecular weight excluding hydrogens is 301 g/mol. The number of aliphatic carboxylic acids is 1. The second-order valence-corrected chi connectivity index (χ2v) is 6.71. The van der Waals surface area contributed by atoms with Crippen LogP contribution in [-0.4, -0.2) is 20.8 Å². The molecule has 1 aromatic carbocycles. The molecule has 0 radical (unpaired) electrons. The van der Waals surface area contributed by atoms with Crippen LogP contribution in [0.15, 0.2) is 47.6 Å². The number of carboxylic acids is 1. The molecule has 2 aromatic rings. The second kappa shape index (κ2) is 6.63. The lowest BCUT2D eigenvalue weighted by Gasteiger charge is -2.18. The number of benzene rings is 1. The topological polar surface area (TPSA) is 50.2 Å². The predicted octanol–water partition coefficient (Wildman–Crippen LogP) is 3.58. The van der Waals surface area contributed by atoms with Crippen LogP contribution in [0.3, 0.4) is 0 Å². The summed E-state index contributed by atoms with van der Waals surface area (Å²) < 4.78 is 12.2. The van der Waals surface area contributed by atoms with Crippen molar-refractivity contribution < 1.29 is 14.3 Å². The molecule has 0 spiro atoms. The van der Waals surface area contributed by atoms with E-state index in [2.05, 4.69) is 16.8 Å². The Morgan fingerprint density at radius 2 is 2.09 bits per heavy atom. The predicted molar refractivity (Wildman–Crippen MR) is 84.2 cm³/mol. The lowest BCUT2D eigenvalue weighted by molar-refractivity contribution is -0.138. The van der Waals surface area contributed by atoms with Crippen molar-refractivity contribution in [1.82, 2.24) is 4.98 Å². The fraction of sp³-hybridized carbons (Fsp3) is 0.176. The summed E-state index contributed by atoms with van der Waals surface area (Å²) in [5.74, 6) is 4.54. The highest BCUT2D eigenvalue weighted by Crippen LogP contribution is 2.34. The molecule has 0 aliphatic carbocycles. The Balaban J connectivity index is 2.32. The number of thioether (sulfide) groups is 1. The first-order chi connectivity index (χ1) is 10.4. The molecule has 0 amide bonds. The molecule has 1 aromatic heterocycles. The van der Waals surface area contributed by atoms with Crippen LogP contribution in [0.5, 0.6) is 0 Å². The van der Waals surface area contributed by atoms with Gasteiger partial charge in [-0.2, -0.15) is 0 Å². The second-order valence-electron chi connectivity index (χ2n) is 5.05. The smallest absolute Gasteiger partial charge is 0.319 e. The van der Waals surface area contributed by atoms with Gasteiger partial charge in [-0.05, 0) is 38.1 Å². The molecule has 0 bridgehead atoms. The van der Waals surface area contributed by atoms with Gasteiger partial charge in [-0.1, -0.05) is 17.9 Å². The number of hydrogen-bond acceptors (Lipinski definition) is 3. The summed E-state index contributed by atoms with van der Waals surface area (Å²) in [7, 11) is 0. The number of carbonyl (C=O) groups is 1. The van der Waals surface area contributed by atoms with Crippen molar-refractivity contribution in [3.8, 4) is 11.8 Å². The van der Waals surface area contributed by atoms with Gasteiger partial charge in [0.1, 0.15) is 10.6 Å². The largest absolute Gasteiger partial charge is 0.480 e. The fourth-order valence-electron chi connectivity index (χ4n) is 1.59. The molecule has 112 valence electrons. The van der Waals surface area contributed by atoms with Crippen molar-refractivity contribution in [3.05, 3.63) is 59.7 Å². The van der Waals surface area contributed by atoms with E-state index in [0.717, 1.165) is 4.90 Å². The van der Waals surface area contributed by atoms with Crippen LogP contribution in [0.4, 0.5) is 4.39 Å². The Hall–Kier alpha value is -2.32. The molecule has 3 nitrogen and oxygen atoms in total. The van der Waals surface area contributed by atoms with Gasteiger partial charge in [-0.15, -0.1) is 11.8 Å². The Kier molecular flexibility index (Phi) is 4.84. The lowest BCUT2D eigenvalue weighted by Crippen LogP contribution is -2.27. The summed E-state index contributed by atoms with van der Waals surface area (Å²) in [6, 6.07) is 7.72. The molecule has 1 heterocycles. The Bertz CT molecular complexity index is 762. The highest BCUT2D eigenvalue weighted by atomic mass is 32.2. The molecule has 22 heavy (non-hydrogen) atoms. The number of nitrogens with zero attached hydrogens (tertiary/aromatic N) is 1. The summed E-state index contributed by atoms with van der Waals surface area (Å²) in [5.41, 5.74) is 1.17. The van der Waals surface area contributed by atoms with E-state index in [1.807, 2.05) is 0 Å². The number of hydrogen-bond donors (Lipinski definition) is 1. The van der Waals surface area contributed by atoms with E-state index in [4.69, 9.17) is 0 Å². The average molecular weight is 315 g/mol. The van der Waals surface area contributed by atoms with Crippen molar-refractivity contribution in [2.24, 2.45) is 0 Å². The van der Waals surface area contributed by atoms with Gasteiger partial charge in [0.05, 0.1) is 5.56 Å². The average Bonchev–Trinajstić information content (AvgIpc) is 2.46. The summed E-state index contributed by atoms with van der Waals surface area (Å²) in [6.45, 7) is 3.26. The molecule has 0 saturated carbocycles. The van der Waals surface area contributed by atoms with Crippen LogP contribution in [0.1, 0.15) is 25.0 Å². The highest BCUT2D eigenvalue weighted by Gasteiger charge is 2.29. The van der Waals surface area contributed by atoms with Crippen molar-refractivity contribution >= 4 is 17.7 Å². The third kappa shape index (κ3) is 4.09. The van der Waals surface area contributed by atoms with Gasteiger partial charge < -0.3 is 5.11 Å². The fourth-order valence-corrected chi connectivity index (χ4v) is 2.57. The van der Waals surface area contributed by atoms with Gasteiger partial charge in [-0.25, -0.2) is 4.39 Å². The zero-order valence-corrected chi connectivity index (χ0v) is 12.9. The van der Waals surface area contributed by atoms with Gasteiger partial charge in [-0.3, -0.25) is 9.78 Å². The van der Waals surface area contributed by atoms with Gasteiger partial charge in [0, 0.05) is 22.9 Å². The molecule has 1 N–H and O–H groups in total. The minimum Gasteiger partial charge on any atom is -0.480 e. The maximum Gasteiger partial charge on any atom is 0.319 e. The number of halogens is 1. The molecule has 0 saturated heterocycles. The maximum atomic E-state index is 13.1. The molecule has 0 unspecified atom stereocenters. The van der Waals surface area contributed by atoms with Gasteiger partial charge >= 0.3 is 5.97 Å². The molecule has 5 heteroatoms. The summed E-state index contributed by atoms with van der Waals surface area (Å²) in [6.07, 6.45) is 3.17. The third-order valence-electron chi connectivity index (χ3n) is 2.83. The van der Waals surface area contributed by atoms with Gasteiger partial charge in [0.2, 0.25) is 0 Å². The molecule has 0 fully saturated rings. The van der Waals surface area contributed by atoms with Crippen LogP contribution in [0.25, 0.3) is 0 Å². The van der Waals surface area contributed by atoms with Crippen LogP contribution in [0.2, 0.25) is 0 Å². The van der Waals surface area contributed by atoms with Crippen molar-refractivity contribution in [2.45, 2.75) is 23.5 Å². The number of rotatable bonds is 3. The van der Waals surface area contributed by atoms with Gasteiger partial charge in [0.25, 0.3) is 0 Å². The quantitative estimate of drug-likeness (QED) is 0.695. The van der Waals surface area contributed by atoms with Crippen LogP contribution < -0.4 is 0 Å². The van der Waals surface area contributed by atoms with Crippen LogP contribution in [-0.2, 0) is 4.79 Å². The van der Waals surface area contributed by atoms with Crippen molar-refractivity contribution in [3.63, 3.8) is 0 Å². The molecule has 0 aliphatic heterocycles. The highest BCUT2D eigenvalue weighted by molar-refractivity contribution is 8.01. The maximum absolute atomic E-state index is 13.1. The molecule has 2 rings (SSSR count). The molecular formula is C17H14FNO2S. The minimum atomic E-state index is -0.976. The summed E-state index contributed by atoms with van der Waals surface area (Å²) in [4.78, 5) is 16.0. The molecule has 0 aliphatic rings. The number of aromatic nitrogens is 1. The standard InChI is InChI=1S/C17H14FNO2S/c1-17(2,16(20)21)22-15-8-9-19-11-13(15)7-6-12-4-3-5-14(18)10-12/h3-5,8-11H,1-2H3,(H,20,21). The normalized spacial score (nSPS) is 10.7. The van der Waals surface area contributed by atoms with E-state index < -0.39 is 10.7 Å². The van der Waals surface area contributed by atoms with E-state index in [-0.39, 0.29) is 5.82 Å². The summed E-state index contributed by atoms with van der Waals surface area (Å²) >= 11 is 1.20. The zero-order valence-electron chi connectivity index (χ0n) is 12.1. The van der Waals surface area contributed by atoms with Crippen molar-refractivity contribution in [1.29, 1.82) is 0 Å². The van der Waals surface area contributed by atoms with E-state index >= 15 is 0 Å². The van der Waals surface area contributed by atoms with E-state index in [9.17, 15) is 14.3 Å². The minimum absolute atomic E-state index is 0.348. The zero-order chi connectivity index (χ0) is 16.2. The Labute approximate surface area is 132 Å². The van der Waals surface area contributed by atoms with Crippen LogP contribution in [0, 0.1) is 17.7 Å². The number of pyridine rings is 1. The first kappa shape index (κ1) is 16.1. The van der Waals surface area contributed by atoms with Crippen LogP contribution >= 0.6 is 11.8 Å². The monoisotopic (exact) mass is 315 g/mol. The Morgan fingerprint density at radius 3 is 2.77 bits per heavy atom. The van der Waals surface area contributed by atoms with E-state index in [1.54, 1.807) is 44.4 Å². The summed E-state index contributed by atoms with van der Waals surface area (Å²) in [5, 5.41) is 9.22. The Morgan fingerprint density at radius 1 is 1.32 bits per heavy atom. The van der Waals surface area contributed by atoms with E-state index in [0.29, 0.717) is 11.1 Å². The number of carboxylic acid groups (broad SMARTS) is 1. The third-order valence-corrected chi connectivity index (χ3v) is 4.09. The van der Waals surface area contributed by atoms with E-state index in [1.165, 1.54) is 23.9 Å². The first-order valence-corrected chi connectivity index (χ1v) is 7.34. The lowest BCUT2D eigenvalue weighted by atomic mass is 10.2.